The van der Waals surface area contributed by atoms with E-state index in [1.807, 2.05) is 12.1 Å². The van der Waals surface area contributed by atoms with Gasteiger partial charge >= 0.3 is 0 Å². The van der Waals surface area contributed by atoms with Crippen LogP contribution < -0.4 is 14.9 Å². The van der Waals surface area contributed by atoms with Gasteiger partial charge in [0.25, 0.3) is 10.0 Å². The number of amides is 1. The smallest absolute Gasteiger partial charge is 0.253 e. The topological polar surface area (TPSA) is 117 Å². The Morgan fingerprint density at radius 1 is 1.14 bits per heavy atom. The Morgan fingerprint density at radius 2 is 1.97 bits per heavy atom. The predicted molar refractivity (Wildman–Crippen MR) is 134 cm³/mol. The van der Waals surface area contributed by atoms with Crippen LogP contribution in [0.15, 0.2) is 52.4 Å². The monoisotopic (exact) mass is 514 g/mol. The number of hydrogen-bond donors (Lipinski definition) is 2. The molecule has 0 unspecified atom stereocenters. The number of hydrogen-bond acceptors (Lipinski definition) is 9. The molecule has 12 heteroatoms. The zero-order chi connectivity index (χ0) is 24.4. The summed E-state index contributed by atoms with van der Waals surface area (Å²) in [5.74, 6) is 0.771. The van der Waals surface area contributed by atoms with Crippen LogP contribution in [0.4, 0.5) is 5.69 Å². The Hall–Kier alpha value is -2.77. The summed E-state index contributed by atoms with van der Waals surface area (Å²) in [5, 5.41) is 4.47. The molecule has 1 aromatic carbocycles. The van der Waals surface area contributed by atoms with Gasteiger partial charge in [0.15, 0.2) is 0 Å². The molecule has 2 aliphatic heterocycles. The Balaban J connectivity index is 1.17. The third kappa shape index (κ3) is 5.41. The van der Waals surface area contributed by atoms with Gasteiger partial charge in [0.05, 0.1) is 34.5 Å². The van der Waals surface area contributed by atoms with Gasteiger partial charge in [0, 0.05) is 49.9 Å². The second kappa shape index (κ2) is 10.1. The number of thioether (sulfide) groups is 1. The summed E-state index contributed by atoms with van der Waals surface area (Å²) >= 11 is 1.40. The fourth-order valence-electron chi connectivity index (χ4n) is 4.17. The zero-order valence-corrected chi connectivity index (χ0v) is 20.9. The Bertz CT molecular complexity index is 1360. The molecule has 10 nitrogen and oxygen atoms in total. The van der Waals surface area contributed by atoms with E-state index in [4.69, 9.17) is 4.74 Å². The van der Waals surface area contributed by atoms with E-state index in [0.29, 0.717) is 30.4 Å². The van der Waals surface area contributed by atoms with Crippen molar-refractivity contribution >= 4 is 44.4 Å². The quantitative estimate of drug-likeness (QED) is 0.486. The SMILES string of the molecule is COc1ccc2nccc(CCN3CCN(NS(=O)(=O)c4ccc5c(c4)NC(=O)CS5)CC3)c2n1. The second-order valence-corrected chi connectivity index (χ2v) is 11.0. The fourth-order valence-corrected chi connectivity index (χ4v) is 6.11. The summed E-state index contributed by atoms with van der Waals surface area (Å²) in [6, 6.07) is 10.5. The van der Waals surface area contributed by atoms with Crippen molar-refractivity contribution in [2.75, 3.05) is 50.9 Å². The molecule has 2 aromatic heterocycles. The summed E-state index contributed by atoms with van der Waals surface area (Å²) < 4.78 is 31.1. The lowest BCUT2D eigenvalue weighted by Crippen LogP contribution is -2.53. The average Bonchev–Trinajstić information content (AvgIpc) is 2.87. The number of hydrazine groups is 1. The maximum Gasteiger partial charge on any atom is 0.253 e. The number of sulfonamides is 1. The third-order valence-electron chi connectivity index (χ3n) is 6.06. The molecule has 0 atom stereocenters. The summed E-state index contributed by atoms with van der Waals surface area (Å²) in [7, 11) is -2.15. The van der Waals surface area contributed by atoms with Gasteiger partial charge in [-0.2, -0.15) is 0 Å². The molecule has 0 bridgehead atoms. The van der Waals surface area contributed by atoms with E-state index in [-0.39, 0.29) is 10.8 Å². The van der Waals surface area contributed by atoms with Crippen LogP contribution in [0.25, 0.3) is 11.0 Å². The van der Waals surface area contributed by atoms with Crippen LogP contribution >= 0.6 is 11.8 Å². The third-order valence-corrected chi connectivity index (χ3v) is 8.51. The maximum absolute atomic E-state index is 12.9. The second-order valence-electron chi connectivity index (χ2n) is 8.36. The predicted octanol–water partition coefficient (Wildman–Crippen LogP) is 1.74. The van der Waals surface area contributed by atoms with Crippen LogP contribution in [0.2, 0.25) is 0 Å². The maximum atomic E-state index is 12.9. The van der Waals surface area contributed by atoms with E-state index < -0.39 is 10.0 Å². The molecule has 0 saturated carbocycles. The van der Waals surface area contributed by atoms with Gasteiger partial charge in [0.1, 0.15) is 0 Å². The number of fused-ring (bicyclic) bond motifs is 2. The van der Waals surface area contributed by atoms with Crippen LogP contribution in [0.5, 0.6) is 5.88 Å². The van der Waals surface area contributed by atoms with Crippen LogP contribution in [0.3, 0.4) is 0 Å². The summed E-state index contributed by atoms with van der Waals surface area (Å²) in [6.45, 7) is 3.44. The van der Waals surface area contributed by atoms with Crippen LogP contribution in [0, 0.1) is 0 Å². The van der Waals surface area contributed by atoms with Crippen molar-refractivity contribution < 1.29 is 17.9 Å². The molecule has 0 spiro atoms. The molecule has 0 radical (unpaired) electrons. The Morgan fingerprint density at radius 3 is 2.77 bits per heavy atom. The number of ether oxygens (including phenoxy) is 1. The first kappa shape index (κ1) is 23.9. The number of nitrogens with zero attached hydrogens (tertiary/aromatic N) is 4. The molecule has 2 aliphatic rings. The minimum atomic E-state index is -3.74. The Kier molecular flexibility index (Phi) is 6.89. The van der Waals surface area contributed by atoms with Crippen molar-refractivity contribution in [2.45, 2.75) is 16.2 Å². The van der Waals surface area contributed by atoms with Gasteiger partial charge in [-0.3, -0.25) is 9.78 Å². The van der Waals surface area contributed by atoms with Gasteiger partial charge < -0.3 is 15.0 Å². The minimum absolute atomic E-state index is 0.129. The van der Waals surface area contributed by atoms with Crippen LogP contribution in [-0.4, -0.2) is 79.8 Å². The summed E-state index contributed by atoms with van der Waals surface area (Å²) in [6.07, 6.45) is 2.60. The van der Waals surface area contributed by atoms with Gasteiger partial charge in [-0.05, 0) is 42.3 Å². The van der Waals surface area contributed by atoms with E-state index in [2.05, 4.69) is 25.0 Å². The number of rotatable bonds is 7. The highest BCUT2D eigenvalue weighted by molar-refractivity contribution is 8.00. The molecule has 35 heavy (non-hydrogen) atoms. The number of anilines is 1. The fraction of sp³-hybridized carbons (Fsp3) is 0.348. The molecule has 1 fully saturated rings. The first-order valence-electron chi connectivity index (χ1n) is 11.3. The highest BCUT2D eigenvalue weighted by Gasteiger charge is 2.25. The number of aromatic nitrogens is 2. The van der Waals surface area contributed by atoms with Crippen molar-refractivity contribution in [1.29, 1.82) is 0 Å². The van der Waals surface area contributed by atoms with Crippen LogP contribution in [0.1, 0.15) is 5.56 Å². The molecule has 0 aliphatic carbocycles. The van der Waals surface area contributed by atoms with Gasteiger partial charge in [-0.1, -0.05) is 0 Å². The number of methoxy groups -OCH3 is 1. The van der Waals surface area contributed by atoms with E-state index in [9.17, 15) is 13.2 Å². The largest absolute Gasteiger partial charge is 0.481 e. The minimum Gasteiger partial charge on any atom is -0.481 e. The van der Waals surface area contributed by atoms with Crippen molar-refractivity contribution in [1.82, 2.24) is 24.7 Å². The lowest BCUT2D eigenvalue weighted by Gasteiger charge is -2.34. The zero-order valence-electron chi connectivity index (χ0n) is 19.2. The molecule has 184 valence electrons. The average molecular weight is 515 g/mol. The highest BCUT2D eigenvalue weighted by atomic mass is 32.2. The van der Waals surface area contributed by atoms with E-state index in [1.165, 1.54) is 17.8 Å². The van der Waals surface area contributed by atoms with Crippen molar-refractivity contribution in [3.05, 3.63) is 48.2 Å². The molecule has 4 heterocycles. The molecule has 3 aromatic rings. The first-order valence-corrected chi connectivity index (χ1v) is 13.7. The number of nitrogens with one attached hydrogen (secondary N) is 2. The lowest BCUT2D eigenvalue weighted by molar-refractivity contribution is -0.113. The number of carbonyl (C=O) groups is 1. The van der Waals surface area contributed by atoms with E-state index >= 15 is 0 Å². The normalized spacial score (nSPS) is 17.2. The first-order chi connectivity index (χ1) is 16.9. The number of piperazine rings is 1. The van der Waals surface area contributed by atoms with Crippen LogP contribution in [-0.2, 0) is 21.2 Å². The number of pyridine rings is 2. The van der Waals surface area contributed by atoms with Crippen molar-refractivity contribution in [3.8, 4) is 5.88 Å². The molecule has 1 amide bonds. The van der Waals surface area contributed by atoms with E-state index in [1.54, 1.807) is 36.5 Å². The highest BCUT2D eigenvalue weighted by Crippen LogP contribution is 2.33. The molecule has 1 saturated heterocycles. The van der Waals surface area contributed by atoms with Crippen molar-refractivity contribution in [3.63, 3.8) is 0 Å². The summed E-state index contributed by atoms with van der Waals surface area (Å²) in [5.41, 5.74) is 3.32. The molecule has 5 rings (SSSR count). The van der Waals surface area contributed by atoms with E-state index in [0.717, 1.165) is 47.5 Å². The standard InChI is InChI=1S/C23H26N6O4S2/c1-33-22-5-3-18-23(26-22)16(6-8-24-18)7-9-28-10-12-29(13-11-28)27-35(31,32)17-2-4-20-19(14-17)25-21(30)15-34-20/h2-6,8,14,27H,7,9-13,15H2,1H3,(H,25,30). The molecular weight excluding hydrogens is 488 g/mol. The summed E-state index contributed by atoms with van der Waals surface area (Å²) in [4.78, 5) is 26.6. The Labute approximate surface area is 208 Å². The number of carbonyl (C=O) groups excluding carboxylic acids is 1. The van der Waals surface area contributed by atoms with Gasteiger partial charge in [0.2, 0.25) is 11.8 Å². The van der Waals surface area contributed by atoms with Gasteiger partial charge in [-0.25, -0.2) is 18.4 Å². The van der Waals surface area contributed by atoms with Gasteiger partial charge in [-0.15, -0.1) is 16.6 Å². The number of benzene rings is 1. The molecular formula is C23H26N6O4S2. The molecule has 2 N–H and O–H groups in total. The van der Waals surface area contributed by atoms with Crippen molar-refractivity contribution in [2.24, 2.45) is 0 Å². The lowest BCUT2D eigenvalue weighted by atomic mass is 10.1.